The Hall–Kier alpha value is -1.69. The first-order valence-electron chi connectivity index (χ1n) is 7.56. The molecule has 1 saturated heterocycles. The fourth-order valence-electron chi connectivity index (χ4n) is 2.32. The number of aromatic nitrogens is 2. The molecule has 1 aliphatic rings. The summed E-state index contributed by atoms with van der Waals surface area (Å²) in [6.07, 6.45) is 5.65. The van der Waals surface area contributed by atoms with Crippen LogP contribution in [0.1, 0.15) is 30.3 Å². The largest absolute Gasteiger partial charge is 0.355 e. The van der Waals surface area contributed by atoms with E-state index >= 15 is 0 Å². The molecule has 1 fully saturated rings. The van der Waals surface area contributed by atoms with Crippen LogP contribution in [0.15, 0.2) is 12.4 Å². The molecule has 1 aromatic heterocycles. The summed E-state index contributed by atoms with van der Waals surface area (Å²) >= 11 is 0. The molecule has 1 aliphatic heterocycles. The molecule has 6 heteroatoms. The zero-order chi connectivity index (χ0) is 15.2. The Bertz CT molecular complexity index is 452. The number of hydrogen-bond acceptors (Lipinski definition) is 5. The van der Waals surface area contributed by atoms with E-state index in [9.17, 15) is 4.79 Å². The van der Waals surface area contributed by atoms with Crippen LogP contribution in [0.25, 0.3) is 0 Å². The number of nitrogens with zero attached hydrogens (tertiary/aromatic N) is 4. The second-order valence-electron chi connectivity index (χ2n) is 5.99. The number of likely N-dealkylation sites (N-methyl/N-ethyl adjacent to an activating group) is 1. The van der Waals surface area contributed by atoms with Crippen LogP contribution in [0, 0.1) is 5.92 Å². The molecule has 0 spiro atoms. The predicted molar refractivity (Wildman–Crippen MR) is 83.5 cm³/mol. The van der Waals surface area contributed by atoms with Gasteiger partial charge in [-0.25, -0.2) is 9.97 Å². The molecule has 2 heterocycles. The van der Waals surface area contributed by atoms with Gasteiger partial charge in [-0.3, -0.25) is 4.79 Å². The smallest absolute Gasteiger partial charge is 0.271 e. The Balaban J connectivity index is 1.88. The first-order chi connectivity index (χ1) is 10.1. The quantitative estimate of drug-likeness (QED) is 0.877. The highest BCUT2D eigenvalue weighted by Gasteiger charge is 2.17. The number of rotatable bonds is 5. The molecule has 0 unspecified atom stereocenters. The van der Waals surface area contributed by atoms with Gasteiger partial charge in [-0.05, 0) is 32.9 Å². The van der Waals surface area contributed by atoms with E-state index in [1.54, 1.807) is 12.4 Å². The third-order valence-electron chi connectivity index (χ3n) is 3.82. The van der Waals surface area contributed by atoms with E-state index < -0.39 is 0 Å². The standard InChI is InChI=1S/C15H25N5O/c1-12-4-7-20(8-5-12)14-11-17-13(10-18-14)15(21)16-6-9-19(2)3/h10-12H,4-9H2,1-3H3,(H,16,21). The van der Waals surface area contributed by atoms with E-state index in [0.29, 0.717) is 12.2 Å². The number of piperidine rings is 1. The van der Waals surface area contributed by atoms with Crippen molar-refractivity contribution in [2.24, 2.45) is 5.92 Å². The third kappa shape index (κ3) is 4.67. The lowest BCUT2D eigenvalue weighted by molar-refractivity contribution is 0.0945. The summed E-state index contributed by atoms with van der Waals surface area (Å²) in [4.78, 5) is 24.8. The van der Waals surface area contributed by atoms with Crippen LogP contribution in [-0.4, -0.2) is 61.0 Å². The molecule has 1 amide bonds. The molecule has 6 nitrogen and oxygen atoms in total. The fraction of sp³-hybridized carbons (Fsp3) is 0.667. The van der Waals surface area contributed by atoms with Crippen LogP contribution >= 0.6 is 0 Å². The highest BCUT2D eigenvalue weighted by molar-refractivity contribution is 5.91. The summed E-state index contributed by atoms with van der Waals surface area (Å²) < 4.78 is 0. The van der Waals surface area contributed by atoms with Gasteiger partial charge in [0.1, 0.15) is 11.5 Å². The number of carbonyl (C=O) groups is 1. The second-order valence-corrected chi connectivity index (χ2v) is 5.99. The minimum absolute atomic E-state index is 0.164. The van der Waals surface area contributed by atoms with Crippen LogP contribution in [0.5, 0.6) is 0 Å². The zero-order valence-corrected chi connectivity index (χ0v) is 13.2. The number of carbonyl (C=O) groups excluding carboxylic acids is 1. The van der Waals surface area contributed by atoms with Crippen LogP contribution in [0.3, 0.4) is 0 Å². The fourth-order valence-corrected chi connectivity index (χ4v) is 2.32. The van der Waals surface area contributed by atoms with Crippen LogP contribution in [-0.2, 0) is 0 Å². The van der Waals surface area contributed by atoms with Gasteiger partial charge < -0.3 is 15.1 Å². The van der Waals surface area contributed by atoms with Crippen LogP contribution < -0.4 is 10.2 Å². The predicted octanol–water partition coefficient (Wildman–Crippen LogP) is 1.00. The molecule has 0 aromatic carbocycles. The summed E-state index contributed by atoms with van der Waals surface area (Å²) in [6.45, 7) is 5.74. The maximum Gasteiger partial charge on any atom is 0.271 e. The molecule has 2 rings (SSSR count). The summed E-state index contributed by atoms with van der Waals surface area (Å²) in [5, 5.41) is 2.84. The maximum atomic E-state index is 11.9. The van der Waals surface area contributed by atoms with Crippen molar-refractivity contribution < 1.29 is 4.79 Å². The van der Waals surface area contributed by atoms with Gasteiger partial charge in [0.2, 0.25) is 0 Å². The molecule has 1 N–H and O–H groups in total. The first-order valence-corrected chi connectivity index (χ1v) is 7.56. The van der Waals surface area contributed by atoms with Gasteiger partial charge in [0, 0.05) is 26.2 Å². The molecule has 116 valence electrons. The van der Waals surface area contributed by atoms with Gasteiger partial charge in [0.25, 0.3) is 5.91 Å². The normalized spacial score (nSPS) is 16.3. The number of anilines is 1. The first kappa shape index (κ1) is 15.7. The number of amides is 1. The Morgan fingerprint density at radius 2 is 2.05 bits per heavy atom. The highest BCUT2D eigenvalue weighted by atomic mass is 16.1. The summed E-state index contributed by atoms with van der Waals surface area (Å²) in [5.74, 6) is 1.49. The molecule has 1 aromatic rings. The summed E-state index contributed by atoms with van der Waals surface area (Å²) in [6, 6.07) is 0. The Kier molecular flexibility index (Phi) is 5.50. The lowest BCUT2D eigenvalue weighted by atomic mass is 9.99. The monoisotopic (exact) mass is 291 g/mol. The van der Waals surface area contributed by atoms with E-state index in [4.69, 9.17) is 0 Å². The molecule has 0 aliphatic carbocycles. The van der Waals surface area contributed by atoms with Gasteiger partial charge >= 0.3 is 0 Å². The minimum atomic E-state index is -0.164. The van der Waals surface area contributed by atoms with Gasteiger partial charge in [0.05, 0.1) is 12.4 Å². The van der Waals surface area contributed by atoms with Crippen molar-refractivity contribution in [2.75, 3.05) is 45.2 Å². The molecular formula is C15H25N5O. The van der Waals surface area contributed by atoms with Crippen molar-refractivity contribution >= 4 is 11.7 Å². The van der Waals surface area contributed by atoms with Gasteiger partial charge in [-0.1, -0.05) is 6.92 Å². The number of nitrogens with one attached hydrogen (secondary N) is 1. The van der Waals surface area contributed by atoms with E-state index in [-0.39, 0.29) is 5.91 Å². The lowest BCUT2D eigenvalue weighted by Gasteiger charge is -2.30. The van der Waals surface area contributed by atoms with Crippen LogP contribution in [0.2, 0.25) is 0 Å². The van der Waals surface area contributed by atoms with Gasteiger partial charge in [0.15, 0.2) is 0 Å². The molecule has 21 heavy (non-hydrogen) atoms. The average Bonchev–Trinajstić information content (AvgIpc) is 2.48. The SMILES string of the molecule is CC1CCN(c2cnc(C(=O)NCCN(C)C)cn2)CC1. The van der Waals surface area contributed by atoms with Crippen molar-refractivity contribution in [3.8, 4) is 0 Å². The zero-order valence-electron chi connectivity index (χ0n) is 13.2. The van der Waals surface area contributed by atoms with Crippen molar-refractivity contribution in [1.29, 1.82) is 0 Å². The Morgan fingerprint density at radius 1 is 1.33 bits per heavy atom. The number of hydrogen-bond donors (Lipinski definition) is 1. The van der Waals surface area contributed by atoms with Crippen molar-refractivity contribution in [1.82, 2.24) is 20.2 Å². The minimum Gasteiger partial charge on any atom is -0.355 e. The lowest BCUT2D eigenvalue weighted by Crippen LogP contribution is -2.34. The van der Waals surface area contributed by atoms with Crippen molar-refractivity contribution in [2.45, 2.75) is 19.8 Å². The highest BCUT2D eigenvalue weighted by Crippen LogP contribution is 2.20. The van der Waals surface area contributed by atoms with Crippen molar-refractivity contribution in [3.63, 3.8) is 0 Å². The third-order valence-corrected chi connectivity index (χ3v) is 3.82. The average molecular weight is 291 g/mol. The summed E-state index contributed by atoms with van der Waals surface area (Å²) in [5.41, 5.74) is 0.378. The molecule has 0 bridgehead atoms. The van der Waals surface area contributed by atoms with E-state index in [2.05, 4.69) is 27.1 Å². The second kappa shape index (κ2) is 7.36. The van der Waals surface area contributed by atoms with Crippen molar-refractivity contribution in [3.05, 3.63) is 18.1 Å². The van der Waals surface area contributed by atoms with E-state index in [0.717, 1.165) is 31.4 Å². The van der Waals surface area contributed by atoms with E-state index in [1.807, 2.05) is 19.0 Å². The van der Waals surface area contributed by atoms with Gasteiger partial charge in [-0.2, -0.15) is 0 Å². The molecule has 0 radical (unpaired) electrons. The Labute approximate surface area is 126 Å². The van der Waals surface area contributed by atoms with Crippen LogP contribution in [0.4, 0.5) is 5.82 Å². The van der Waals surface area contributed by atoms with E-state index in [1.165, 1.54) is 12.8 Å². The van der Waals surface area contributed by atoms with Gasteiger partial charge in [-0.15, -0.1) is 0 Å². The molecular weight excluding hydrogens is 266 g/mol. The summed E-state index contributed by atoms with van der Waals surface area (Å²) in [7, 11) is 3.94. The Morgan fingerprint density at radius 3 is 2.62 bits per heavy atom. The topological polar surface area (TPSA) is 61.4 Å². The maximum absolute atomic E-state index is 11.9. The molecule has 0 saturated carbocycles. The molecule has 0 atom stereocenters.